The molecule has 6 nitrogen and oxygen atoms in total. The van der Waals surface area contributed by atoms with Crippen LogP contribution in [0.25, 0.3) is 0 Å². The molecule has 2 aromatic carbocycles. The minimum atomic E-state index is -3.53. The summed E-state index contributed by atoms with van der Waals surface area (Å²) < 4.78 is 42.3. The molecule has 0 aliphatic carbocycles. The van der Waals surface area contributed by atoms with Gasteiger partial charge in [-0.15, -0.1) is 0 Å². The van der Waals surface area contributed by atoms with Crippen LogP contribution in [0.5, 0.6) is 0 Å². The van der Waals surface area contributed by atoms with Crippen LogP contribution in [0, 0.1) is 25.6 Å². The number of carbonyl (C=O) groups is 1. The third-order valence-corrected chi connectivity index (χ3v) is 9.98. The van der Waals surface area contributed by atoms with Gasteiger partial charge in [0.1, 0.15) is 5.82 Å². The van der Waals surface area contributed by atoms with E-state index in [1.165, 1.54) is 10.4 Å². The number of piperazine rings is 1. The van der Waals surface area contributed by atoms with Crippen molar-refractivity contribution in [3.63, 3.8) is 0 Å². The number of sulfonamides is 1. The molecule has 0 unspecified atom stereocenters. The number of rotatable bonds is 5. The number of piperidine rings is 1. The van der Waals surface area contributed by atoms with Crippen molar-refractivity contribution in [1.29, 1.82) is 0 Å². The largest absolute Gasteiger partial charge is 0.368 e. The average molecular weight is 536 g/mol. The summed E-state index contributed by atoms with van der Waals surface area (Å²) in [5.74, 6) is -1.45. The Balaban J connectivity index is 1.57. The van der Waals surface area contributed by atoms with Crippen molar-refractivity contribution < 1.29 is 17.6 Å². The number of hydrogen-bond acceptors (Lipinski definition) is 4. The van der Waals surface area contributed by atoms with E-state index in [1.807, 2.05) is 43.0 Å². The summed E-state index contributed by atoms with van der Waals surface area (Å²) in [5, 5.41) is 0.0936. The fourth-order valence-corrected chi connectivity index (χ4v) is 6.82. The molecule has 36 heavy (non-hydrogen) atoms. The number of amides is 1. The summed E-state index contributed by atoms with van der Waals surface area (Å²) in [7, 11) is -3.53. The zero-order valence-corrected chi connectivity index (χ0v) is 22.9. The molecule has 0 spiro atoms. The second-order valence-electron chi connectivity index (χ2n) is 10.2. The lowest BCUT2D eigenvalue weighted by molar-refractivity contribution is -0.137. The van der Waals surface area contributed by atoms with Gasteiger partial charge in [0.15, 0.2) is 0 Å². The van der Waals surface area contributed by atoms with Crippen molar-refractivity contribution in [3.05, 3.63) is 63.9 Å². The third kappa shape index (κ3) is 5.41. The van der Waals surface area contributed by atoms with Gasteiger partial charge in [-0.3, -0.25) is 4.79 Å². The van der Waals surface area contributed by atoms with Crippen molar-refractivity contribution >= 4 is 33.2 Å². The van der Waals surface area contributed by atoms with Crippen LogP contribution >= 0.6 is 11.6 Å². The number of nitrogens with zero attached hydrogens (tertiary/aromatic N) is 3. The Morgan fingerprint density at radius 2 is 1.72 bits per heavy atom. The van der Waals surface area contributed by atoms with Gasteiger partial charge in [-0.2, -0.15) is 0 Å². The van der Waals surface area contributed by atoms with Gasteiger partial charge in [-0.1, -0.05) is 29.8 Å². The zero-order chi connectivity index (χ0) is 26.2. The molecule has 2 aliphatic rings. The van der Waals surface area contributed by atoms with Crippen LogP contribution in [-0.4, -0.2) is 68.0 Å². The fraction of sp³-hybridized carbons (Fsp3) is 0.519. The van der Waals surface area contributed by atoms with E-state index >= 15 is 4.39 Å². The van der Waals surface area contributed by atoms with E-state index in [9.17, 15) is 13.2 Å². The Morgan fingerprint density at radius 3 is 2.36 bits per heavy atom. The summed E-state index contributed by atoms with van der Waals surface area (Å²) in [5.41, 5.74) is 3.48. The van der Waals surface area contributed by atoms with Crippen molar-refractivity contribution in [2.24, 2.45) is 5.92 Å². The minimum Gasteiger partial charge on any atom is -0.368 e. The van der Waals surface area contributed by atoms with Crippen LogP contribution in [0.15, 0.2) is 36.4 Å². The molecular formula is C27H35ClFN3O3S. The monoisotopic (exact) mass is 535 g/mol. The molecule has 2 aromatic rings. The molecule has 2 atom stereocenters. The van der Waals surface area contributed by atoms with Gasteiger partial charge in [0.2, 0.25) is 15.9 Å². The molecule has 1 amide bonds. The van der Waals surface area contributed by atoms with Crippen LogP contribution in [0.3, 0.4) is 0 Å². The molecule has 0 radical (unpaired) electrons. The van der Waals surface area contributed by atoms with Crippen LogP contribution in [-0.2, 0) is 14.8 Å². The summed E-state index contributed by atoms with van der Waals surface area (Å²) in [6.07, 6.45) is 0.407. The number of aryl methyl sites for hydroxylation is 2. The van der Waals surface area contributed by atoms with Crippen LogP contribution in [0.4, 0.5) is 10.1 Å². The highest BCUT2D eigenvalue weighted by Gasteiger charge is 2.42. The Hall–Kier alpha value is -2.16. The predicted molar refractivity (Wildman–Crippen MR) is 143 cm³/mol. The SMILES string of the molecule is Cc1ccc([C@H]2CCN(S(=O)(=O)C(C)C)C[C@H]2C(=O)N2CCN(c3cc(Cl)ccc3C)CC2)c(F)c1. The first kappa shape index (κ1) is 26.9. The second kappa shape index (κ2) is 10.7. The molecule has 2 saturated heterocycles. The van der Waals surface area contributed by atoms with Gasteiger partial charge < -0.3 is 9.80 Å². The number of carbonyl (C=O) groups excluding carboxylic acids is 1. The Labute approximate surface area is 219 Å². The van der Waals surface area contributed by atoms with E-state index in [4.69, 9.17) is 11.6 Å². The maximum atomic E-state index is 15.0. The van der Waals surface area contributed by atoms with Crippen LogP contribution < -0.4 is 4.90 Å². The Morgan fingerprint density at radius 1 is 1.03 bits per heavy atom. The predicted octanol–water partition coefficient (Wildman–Crippen LogP) is 4.59. The van der Waals surface area contributed by atoms with E-state index < -0.39 is 21.2 Å². The van der Waals surface area contributed by atoms with Gasteiger partial charge >= 0.3 is 0 Å². The van der Waals surface area contributed by atoms with Gasteiger partial charge in [-0.25, -0.2) is 17.1 Å². The lowest BCUT2D eigenvalue weighted by Gasteiger charge is -2.42. The first-order chi connectivity index (χ1) is 17.0. The van der Waals surface area contributed by atoms with E-state index in [0.717, 1.165) is 16.8 Å². The maximum absolute atomic E-state index is 15.0. The molecule has 0 N–H and O–H groups in total. The fourth-order valence-electron chi connectivity index (χ4n) is 5.33. The minimum absolute atomic E-state index is 0.0744. The van der Waals surface area contributed by atoms with Gasteiger partial charge in [0.25, 0.3) is 0 Å². The number of halogens is 2. The molecule has 4 rings (SSSR count). The second-order valence-corrected chi connectivity index (χ2v) is 13.1. The number of anilines is 1. The Kier molecular flexibility index (Phi) is 7.98. The molecule has 2 fully saturated rings. The standard InChI is InChI=1S/C27H35ClFN3O3S/c1-18(2)36(34,35)32-10-9-22(23-8-5-19(3)15-25(23)29)24(17-32)27(33)31-13-11-30(12-14-31)26-16-21(28)7-6-20(26)4/h5-8,15-16,18,22,24H,9-14,17H2,1-4H3/t22-,24-/m1/s1. The van der Waals surface area contributed by atoms with Crippen molar-refractivity contribution in [2.45, 2.75) is 45.3 Å². The first-order valence-corrected chi connectivity index (χ1v) is 14.4. The molecule has 0 saturated carbocycles. The average Bonchev–Trinajstić information content (AvgIpc) is 2.85. The third-order valence-electron chi connectivity index (χ3n) is 7.51. The maximum Gasteiger partial charge on any atom is 0.227 e. The lowest BCUT2D eigenvalue weighted by Crippen LogP contribution is -2.55. The molecular weight excluding hydrogens is 501 g/mol. The molecule has 0 bridgehead atoms. The van der Waals surface area contributed by atoms with E-state index in [0.29, 0.717) is 43.2 Å². The first-order valence-electron chi connectivity index (χ1n) is 12.5. The topological polar surface area (TPSA) is 60.9 Å². The van der Waals surface area contributed by atoms with Crippen LogP contribution in [0.1, 0.15) is 42.9 Å². The smallest absolute Gasteiger partial charge is 0.227 e. The van der Waals surface area contributed by atoms with Gasteiger partial charge in [0.05, 0.1) is 11.2 Å². The molecule has 2 aliphatic heterocycles. The summed E-state index contributed by atoms with van der Waals surface area (Å²) in [4.78, 5) is 17.9. The van der Waals surface area contributed by atoms with E-state index in [2.05, 4.69) is 4.90 Å². The highest BCUT2D eigenvalue weighted by atomic mass is 35.5. The van der Waals surface area contributed by atoms with E-state index in [-0.39, 0.29) is 30.7 Å². The highest BCUT2D eigenvalue weighted by Crippen LogP contribution is 2.37. The Bertz CT molecular complexity index is 1230. The van der Waals surface area contributed by atoms with Gasteiger partial charge in [-0.05, 0) is 69.0 Å². The van der Waals surface area contributed by atoms with E-state index in [1.54, 1.807) is 19.9 Å². The zero-order valence-electron chi connectivity index (χ0n) is 21.4. The lowest BCUT2D eigenvalue weighted by atomic mass is 9.79. The number of hydrogen-bond donors (Lipinski definition) is 0. The number of benzene rings is 2. The molecule has 2 heterocycles. The van der Waals surface area contributed by atoms with Crippen molar-refractivity contribution in [1.82, 2.24) is 9.21 Å². The normalized spacial score (nSPS) is 21.8. The highest BCUT2D eigenvalue weighted by molar-refractivity contribution is 7.89. The summed E-state index contributed by atoms with van der Waals surface area (Å²) in [6, 6.07) is 10.9. The molecule has 196 valence electrons. The van der Waals surface area contributed by atoms with Crippen LogP contribution in [0.2, 0.25) is 5.02 Å². The summed E-state index contributed by atoms with van der Waals surface area (Å²) in [6.45, 7) is 9.85. The van der Waals surface area contributed by atoms with Gasteiger partial charge in [0, 0.05) is 55.9 Å². The molecule has 0 aromatic heterocycles. The molecule has 9 heteroatoms. The summed E-state index contributed by atoms with van der Waals surface area (Å²) >= 11 is 6.21. The van der Waals surface area contributed by atoms with Crippen molar-refractivity contribution in [3.8, 4) is 0 Å². The quantitative estimate of drug-likeness (QED) is 0.562. The van der Waals surface area contributed by atoms with Crippen molar-refractivity contribution in [2.75, 3.05) is 44.2 Å².